The van der Waals surface area contributed by atoms with Crippen LogP contribution in [0.25, 0.3) is 0 Å². The molecule has 2 heterocycles. The lowest BCUT2D eigenvalue weighted by atomic mass is 9.98. The molecule has 0 aromatic carbocycles. The molecule has 384 valence electrons. The van der Waals surface area contributed by atoms with E-state index in [1.807, 2.05) is 18.2 Å². The molecule has 11 unspecified atom stereocenters. The molecular weight excluding hydrogens is 877 g/mol. The Morgan fingerprint density at radius 3 is 1.41 bits per heavy atom. The van der Waals surface area contributed by atoms with Gasteiger partial charge in [0.2, 0.25) is 0 Å². The van der Waals surface area contributed by atoms with Gasteiger partial charge in [0, 0.05) is 12.8 Å². The van der Waals surface area contributed by atoms with Crippen LogP contribution >= 0.6 is 0 Å². The second-order valence-electron chi connectivity index (χ2n) is 16.5. The van der Waals surface area contributed by atoms with E-state index in [0.29, 0.717) is 19.3 Å². The highest BCUT2D eigenvalue weighted by atomic mass is 16.7. The minimum atomic E-state index is -1.79. The van der Waals surface area contributed by atoms with Crippen LogP contribution < -0.4 is 0 Å². The molecule has 0 aromatic heterocycles. The van der Waals surface area contributed by atoms with Crippen molar-refractivity contribution in [2.75, 3.05) is 26.4 Å². The molecule has 0 bridgehead atoms. The van der Waals surface area contributed by atoms with Gasteiger partial charge in [0.05, 0.1) is 19.8 Å². The summed E-state index contributed by atoms with van der Waals surface area (Å²) in [4.78, 5) is 25.7. The summed E-state index contributed by atoms with van der Waals surface area (Å²) in [7, 11) is 0. The first-order valence-electron chi connectivity index (χ1n) is 24.5. The van der Waals surface area contributed by atoms with E-state index >= 15 is 0 Å². The molecule has 2 aliphatic rings. The van der Waals surface area contributed by atoms with Crippen LogP contribution in [0.5, 0.6) is 0 Å². The van der Waals surface area contributed by atoms with Crippen molar-refractivity contribution in [3.8, 4) is 0 Å². The van der Waals surface area contributed by atoms with Crippen LogP contribution in [0.3, 0.4) is 0 Å². The van der Waals surface area contributed by atoms with Gasteiger partial charge in [0.25, 0.3) is 0 Å². The minimum Gasteiger partial charge on any atom is -0.462 e. The Labute approximate surface area is 404 Å². The highest BCUT2D eigenvalue weighted by Gasteiger charge is 2.47. The van der Waals surface area contributed by atoms with E-state index in [2.05, 4.69) is 105 Å². The van der Waals surface area contributed by atoms with Gasteiger partial charge in [-0.05, 0) is 83.5 Å². The smallest absolute Gasteiger partial charge is 0.306 e. The lowest BCUT2D eigenvalue weighted by Crippen LogP contribution is -2.61. The number of carbonyl (C=O) groups is 2. The van der Waals surface area contributed by atoms with E-state index in [9.17, 15) is 45.3 Å². The van der Waals surface area contributed by atoms with Crippen molar-refractivity contribution in [1.29, 1.82) is 0 Å². The molecule has 2 aliphatic heterocycles. The van der Waals surface area contributed by atoms with Gasteiger partial charge in [0.1, 0.15) is 55.4 Å². The monoisotopic (exact) mass is 959 g/mol. The molecule has 11 atom stereocenters. The summed E-state index contributed by atoms with van der Waals surface area (Å²) in [6.07, 6.45) is 32.8. The van der Waals surface area contributed by atoms with Crippen LogP contribution in [0.1, 0.15) is 117 Å². The van der Waals surface area contributed by atoms with Gasteiger partial charge in [-0.15, -0.1) is 0 Å². The molecule has 15 heteroatoms. The molecule has 7 N–H and O–H groups in total. The molecule has 0 radical (unpaired) electrons. The maximum absolute atomic E-state index is 13.0. The Morgan fingerprint density at radius 1 is 0.471 bits per heavy atom. The van der Waals surface area contributed by atoms with E-state index in [-0.39, 0.29) is 19.4 Å². The normalized spacial score (nSPS) is 26.7. The first kappa shape index (κ1) is 60.3. The number of hydrogen-bond acceptors (Lipinski definition) is 15. The van der Waals surface area contributed by atoms with Crippen LogP contribution in [-0.2, 0) is 38.0 Å². The maximum Gasteiger partial charge on any atom is 0.306 e. The molecule has 2 saturated heterocycles. The summed E-state index contributed by atoms with van der Waals surface area (Å²) in [5.74, 6) is -1.07. The van der Waals surface area contributed by atoms with Gasteiger partial charge in [-0.3, -0.25) is 9.59 Å². The molecule has 2 rings (SSSR count). The van der Waals surface area contributed by atoms with Gasteiger partial charge in [-0.2, -0.15) is 0 Å². The average Bonchev–Trinajstić information content (AvgIpc) is 3.33. The first-order valence-corrected chi connectivity index (χ1v) is 24.5. The van der Waals surface area contributed by atoms with Crippen LogP contribution in [0.2, 0.25) is 0 Å². The van der Waals surface area contributed by atoms with Gasteiger partial charge < -0.3 is 64.2 Å². The number of carbonyl (C=O) groups excluding carboxylic acids is 2. The average molecular weight is 959 g/mol. The van der Waals surface area contributed by atoms with Crippen LogP contribution in [0.15, 0.2) is 109 Å². The number of hydrogen-bond donors (Lipinski definition) is 7. The third kappa shape index (κ3) is 26.8. The van der Waals surface area contributed by atoms with Crippen molar-refractivity contribution in [3.05, 3.63) is 109 Å². The van der Waals surface area contributed by atoms with Crippen molar-refractivity contribution < 1.29 is 73.8 Å². The molecule has 2 fully saturated rings. The van der Waals surface area contributed by atoms with Crippen molar-refractivity contribution in [1.82, 2.24) is 0 Å². The van der Waals surface area contributed by atoms with Gasteiger partial charge in [-0.1, -0.05) is 130 Å². The Bertz CT molecular complexity index is 1600. The number of allylic oxidation sites excluding steroid dienone is 18. The zero-order valence-electron chi connectivity index (χ0n) is 40.3. The largest absolute Gasteiger partial charge is 0.462 e. The van der Waals surface area contributed by atoms with Crippen LogP contribution in [0, 0.1) is 0 Å². The summed E-state index contributed by atoms with van der Waals surface area (Å²) in [5, 5.41) is 72.0. The molecule has 15 nitrogen and oxygen atoms in total. The molecule has 0 amide bonds. The fraction of sp³-hybridized carbons (Fsp3) is 0.623. The molecule has 0 aliphatic carbocycles. The van der Waals surface area contributed by atoms with E-state index in [1.54, 1.807) is 0 Å². The summed E-state index contributed by atoms with van der Waals surface area (Å²) < 4.78 is 33.4. The molecular formula is C53H82O15. The third-order valence-electron chi connectivity index (χ3n) is 10.8. The Hall–Kier alpha value is -3.84. The summed E-state index contributed by atoms with van der Waals surface area (Å²) in [6.45, 7) is 2.21. The summed E-state index contributed by atoms with van der Waals surface area (Å²) >= 11 is 0. The Morgan fingerprint density at radius 2 is 0.912 bits per heavy atom. The molecule has 68 heavy (non-hydrogen) atoms. The lowest BCUT2D eigenvalue weighted by Gasteiger charge is -2.42. The number of ether oxygens (including phenoxy) is 6. The van der Waals surface area contributed by atoms with Gasteiger partial charge in [0.15, 0.2) is 18.7 Å². The van der Waals surface area contributed by atoms with Crippen LogP contribution in [0.4, 0.5) is 0 Å². The molecule has 0 spiro atoms. The van der Waals surface area contributed by atoms with Gasteiger partial charge in [-0.25, -0.2) is 0 Å². The minimum absolute atomic E-state index is 0.0263. The standard InChI is InChI=1S/C53H82O15/c1-3-5-7-9-11-13-15-17-18-19-20-21-22-24-26-28-30-32-34-36-45(56)66-41(38-63-44(55)35-33-31-29-27-25-23-16-14-12-10-8-6-4-2)39-64-52-51(62)49(60)47(58)43(68-52)40-65-53-50(61)48(59)46(57)42(37-54)67-53/h5-8,11-14,17-18,20-21,23-26,30,32,41-43,46-54,57-62H,3-4,9-10,15-16,19,22,27-29,31,33-40H2,1-2H3/b7-5-,8-6-,13-11-,14-12-,18-17-,21-20-,25-23-,26-24-,32-30-. The van der Waals surface area contributed by atoms with E-state index in [0.717, 1.165) is 70.6 Å². The highest BCUT2D eigenvalue weighted by molar-refractivity contribution is 5.70. The zero-order valence-corrected chi connectivity index (χ0v) is 40.3. The topological polar surface area (TPSA) is 231 Å². The Kier molecular flexibility index (Phi) is 34.5. The van der Waals surface area contributed by atoms with Crippen molar-refractivity contribution in [3.63, 3.8) is 0 Å². The third-order valence-corrected chi connectivity index (χ3v) is 10.8. The number of rotatable bonds is 35. The fourth-order valence-electron chi connectivity index (χ4n) is 6.78. The highest BCUT2D eigenvalue weighted by Crippen LogP contribution is 2.26. The van der Waals surface area contributed by atoms with E-state index < -0.39 is 99.3 Å². The summed E-state index contributed by atoms with van der Waals surface area (Å²) in [6, 6.07) is 0. The lowest BCUT2D eigenvalue weighted by molar-refractivity contribution is -0.332. The second kappa shape index (κ2) is 38.9. The number of esters is 2. The number of aliphatic hydroxyl groups excluding tert-OH is 7. The fourth-order valence-corrected chi connectivity index (χ4v) is 6.78. The van der Waals surface area contributed by atoms with Crippen LogP contribution in [-0.4, -0.2) is 142 Å². The SMILES string of the molecule is CC/C=C\C/C=C\C/C=C\C/C=C\C/C=C\C/C=C\CCC(=O)OC(COC(=O)CCCCC/C=C\C/C=C\C/C=C\CC)COC1OC(COC2OC(CO)C(O)C(O)C2O)C(O)C(O)C1O. The van der Waals surface area contributed by atoms with Gasteiger partial charge >= 0.3 is 11.9 Å². The Balaban J connectivity index is 1.88. The van der Waals surface area contributed by atoms with Crippen molar-refractivity contribution in [2.24, 2.45) is 0 Å². The van der Waals surface area contributed by atoms with E-state index in [1.165, 1.54) is 0 Å². The zero-order chi connectivity index (χ0) is 49.6. The second-order valence-corrected chi connectivity index (χ2v) is 16.5. The number of unbranched alkanes of at least 4 members (excludes halogenated alkanes) is 3. The predicted molar refractivity (Wildman–Crippen MR) is 261 cm³/mol. The van der Waals surface area contributed by atoms with E-state index in [4.69, 9.17) is 28.4 Å². The quantitative estimate of drug-likeness (QED) is 0.0208. The number of aliphatic hydroxyl groups is 7. The summed E-state index contributed by atoms with van der Waals surface area (Å²) in [5.41, 5.74) is 0. The predicted octanol–water partition coefficient (Wildman–Crippen LogP) is 6.37. The maximum atomic E-state index is 13.0. The van der Waals surface area contributed by atoms with Crippen molar-refractivity contribution >= 4 is 11.9 Å². The molecule has 0 saturated carbocycles. The first-order chi connectivity index (χ1) is 33.0. The van der Waals surface area contributed by atoms with Crippen molar-refractivity contribution in [2.45, 2.75) is 184 Å². The molecule has 0 aromatic rings.